The molecule has 2 aliphatic rings. The van der Waals surface area contributed by atoms with Gasteiger partial charge in [0, 0.05) is 51.5 Å². The van der Waals surface area contributed by atoms with Gasteiger partial charge in [-0.25, -0.2) is 4.79 Å². The highest BCUT2D eigenvalue weighted by atomic mass is 16.5. The van der Waals surface area contributed by atoms with Gasteiger partial charge < -0.3 is 20.3 Å². The lowest BCUT2D eigenvalue weighted by Gasteiger charge is -2.29. The van der Waals surface area contributed by atoms with Crippen molar-refractivity contribution in [3.05, 3.63) is 18.0 Å². The number of carbonyl (C=O) groups is 2. The highest BCUT2D eigenvalue weighted by Crippen LogP contribution is 2.33. The minimum Gasteiger partial charge on any atom is -0.373 e. The van der Waals surface area contributed by atoms with Crippen LogP contribution >= 0.6 is 0 Å². The molecule has 0 saturated carbocycles. The number of urea groups is 1. The van der Waals surface area contributed by atoms with E-state index in [1.807, 2.05) is 13.2 Å². The number of carbonyl (C=O) groups excluding carboxylic acids is 2. The maximum atomic E-state index is 12.1. The number of piperidine rings is 1. The molecule has 8 heteroatoms. The van der Waals surface area contributed by atoms with Gasteiger partial charge in [0.05, 0.1) is 12.3 Å². The van der Waals surface area contributed by atoms with Crippen LogP contribution in [-0.2, 0) is 16.6 Å². The van der Waals surface area contributed by atoms with E-state index < -0.39 is 6.04 Å². The van der Waals surface area contributed by atoms with Gasteiger partial charge in [-0.3, -0.25) is 9.48 Å². The average Bonchev–Trinajstić information content (AvgIpc) is 3.18. The van der Waals surface area contributed by atoms with Crippen LogP contribution in [0.1, 0.15) is 30.9 Å². The molecule has 24 heavy (non-hydrogen) atoms. The molecule has 3 amide bonds. The Hall–Kier alpha value is -2.09. The first-order chi connectivity index (χ1) is 11.5. The highest BCUT2D eigenvalue weighted by Gasteiger charge is 2.32. The normalized spacial score (nSPS) is 27.3. The number of ether oxygens (including phenoxy) is 1. The third-order valence-electron chi connectivity index (χ3n) is 4.76. The second-order valence-corrected chi connectivity index (χ2v) is 6.60. The van der Waals surface area contributed by atoms with Crippen LogP contribution in [0.4, 0.5) is 4.79 Å². The van der Waals surface area contributed by atoms with Crippen molar-refractivity contribution in [2.45, 2.75) is 31.4 Å². The van der Waals surface area contributed by atoms with Crippen LogP contribution in [0.5, 0.6) is 0 Å². The van der Waals surface area contributed by atoms with Crippen molar-refractivity contribution in [2.75, 3.05) is 26.7 Å². The monoisotopic (exact) mass is 335 g/mol. The number of aryl methyl sites for hydroxylation is 1. The molecule has 1 unspecified atom stereocenters. The molecule has 2 fully saturated rings. The van der Waals surface area contributed by atoms with Gasteiger partial charge in [-0.05, 0) is 19.3 Å². The Morgan fingerprint density at radius 3 is 3.00 bits per heavy atom. The third kappa shape index (κ3) is 3.69. The van der Waals surface area contributed by atoms with Gasteiger partial charge in [0.25, 0.3) is 0 Å². The Balaban J connectivity index is 1.49. The molecule has 1 aromatic rings. The summed E-state index contributed by atoms with van der Waals surface area (Å²) >= 11 is 0. The molecular weight excluding hydrogens is 310 g/mol. The Morgan fingerprint density at radius 1 is 1.42 bits per heavy atom. The molecule has 2 aliphatic heterocycles. The van der Waals surface area contributed by atoms with Crippen LogP contribution in [0.25, 0.3) is 0 Å². The van der Waals surface area contributed by atoms with Gasteiger partial charge in [0.1, 0.15) is 6.04 Å². The highest BCUT2D eigenvalue weighted by molar-refractivity contribution is 5.87. The molecule has 0 aromatic carbocycles. The Labute approximate surface area is 141 Å². The third-order valence-corrected chi connectivity index (χ3v) is 4.76. The fraction of sp³-hybridized carbons (Fsp3) is 0.688. The number of aromatic nitrogens is 2. The van der Waals surface area contributed by atoms with Gasteiger partial charge in [-0.1, -0.05) is 0 Å². The molecule has 3 rings (SSSR count). The molecule has 1 aromatic heterocycles. The first-order valence-corrected chi connectivity index (χ1v) is 8.44. The minimum atomic E-state index is -0.419. The summed E-state index contributed by atoms with van der Waals surface area (Å²) in [7, 11) is 3.64. The molecule has 3 atom stereocenters. The molecule has 0 bridgehead atoms. The summed E-state index contributed by atoms with van der Waals surface area (Å²) in [5, 5.41) is 9.85. The van der Waals surface area contributed by atoms with E-state index in [1.54, 1.807) is 22.8 Å². The molecule has 0 aliphatic carbocycles. The quantitative estimate of drug-likeness (QED) is 0.834. The van der Waals surface area contributed by atoms with Crippen molar-refractivity contribution < 1.29 is 14.3 Å². The van der Waals surface area contributed by atoms with Crippen molar-refractivity contribution in [2.24, 2.45) is 13.0 Å². The molecule has 132 valence electrons. The smallest absolute Gasteiger partial charge is 0.315 e. The lowest BCUT2D eigenvalue weighted by Crippen LogP contribution is -2.53. The second kappa shape index (κ2) is 7.21. The zero-order valence-electron chi connectivity index (χ0n) is 14.2. The molecule has 0 radical (unpaired) electrons. The summed E-state index contributed by atoms with van der Waals surface area (Å²) in [5.41, 5.74) is 1.03. The number of likely N-dealkylation sites (tertiary alicyclic amines) is 1. The van der Waals surface area contributed by atoms with E-state index in [1.165, 1.54) is 0 Å². The zero-order valence-corrected chi connectivity index (χ0v) is 14.2. The molecule has 0 spiro atoms. The standard InChI is InChI=1S/C16H25N5O3/c1-20-6-3-4-13(15(20)22)19-16(23)17-8-11-5-7-24-14(11)12-9-18-21(2)10-12/h9-11,13-14H,3-8H2,1-2H3,(H2,17,19,23)/t11-,13?,14+/m0/s1. The minimum absolute atomic E-state index is 0.0196. The van der Waals surface area contributed by atoms with Crippen molar-refractivity contribution >= 4 is 11.9 Å². The van der Waals surface area contributed by atoms with Crippen molar-refractivity contribution in [1.82, 2.24) is 25.3 Å². The van der Waals surface area contributed by atoms with Gasteiger partial charge in [0.15, 0.2) is 0 Å². The number of nitrogens with zero attached hydrogens (tertiary/aromatic N) is 3. The van der Waals surface area contributed by atoms with Crippen LogP contribution in [-0.4, -0.2) is 59.4 Å². The van der Waals surface area contributed by atoms with E-state index in [4.69, 9.17) is 4.74 Å². The number of hydrogen-bond donors (Lipinski definition) is 2. The number of amides is 3. The van der Waals surface area contributed by atoms with E-state index in [9.17, 15) is 9.59 Å². The predicted molar refractivity (Wildman–Crippen MR) is 87.2 cm³/mol. The number of rotatable bonds is 4. The Kier molecular flexibility index (Phi) is 5.03. The topological polar surface area (TPSA) is 88.5 Å². The Bertz CT molecular complexity index is 602. The summed E-state index contributed by atoms with van der Waals surface area (Å²) in [4.78, 5) is 25.8. The maximum absolute atomic E-state index is 12.1. The van der Waals surface area contributed by atoms with Crippen LogP contribution in [0.15, 0.2) is 12.4 Å². The van der Waals surface area contributed by atoms with Crippen molar-refractivity contribution in [3.63, 3.8) is 0 Å². The molecular formula is C16H25N5O3. The number of hydrogen-bond acceptors (Lipinski definition) is 4. The van der Waals surface area contributed by atoms with Gasteiger partial charge in [-0.2, -0.15) is 5.10 Å². The van der Waals surface area contributed by atoms with Gasteiger partial charge in [-0.15, -0.1) is 0 Å². The van der Waals surface area contributed by atoms with E-state index in [0.717, 1.165) is 24.9 Å². The molecule has 8 nitrogen and oxygen atoms in total. The molecule has 3 heterocycles. The zero-order chi connectivity index (χ0) is 17.1. The lowest BCUT2D eigenvalue weighted by atomic mass is 9.97. The van der Waals surface area contributed by atoms with E-state index in [-0.39, 0.29) is 24.0 Å². The van der Waals surface area contributed by atoms with Crippen molar-refractivity contribution in [1.29, 1.82) is 0 Å². The fourth-order valence-electron chi connectivity index (χ4n) is 3.40. The summed E-state index contributed by atoms with van der Waals surface area (Å²) in [6, 6.07) is -0.710. The SMILES string of the molecule is CN1CCCC(NC(=O)NC[C@@H]2CCO[C@H]2c2cnn(C)c2)C1=O. The second-order valence-electron chi connectivity index (χ2n) is 6.60. The lowest BCUT2D eigenvalue weighted by molar-refractivity contribution is -0.134. The summed E-state index contributed by atoms with van der Waals surface area (Å²) < 4.78 is 7.54. The van der Waals surface area contributed by atoms with E-state index in [2.05, 4.69) is 15.7 Å². The first-order valence-electron chi connectivity index (χ1n) is 8.44. The summed E-state index contributed by atoms with van der Waals surface area (Å²) in [6.45, 7) is 1.95. The van der Waals surface area contributed by atoms with Crippen molar-refractivity contribution in [3.8, 4) is 0 Å². The molecule has 2 saturated heterocycles. The summed E-state index contributed by atoms with van der Waals surface area (Å²) in [6.07, 6.45) is 6.21. The average molecular weight is 335 g/mol. The Morgan fingerprint density at radius 2 is 2.25 bits per heavy atom. The largest absolute Gasteiger partial charge is 0.373 e. The van der Waals surface area contributed by atoms with Gasteiger partial charge >= 0.3 is 6.03 Å². The number of nitrogens with one attached hydrogen (secondary N) is 2. The van der Waals surface area contributed by atoms with Crippen LogP contribution in [0, 0.1) is 5.92 Å². The van der Waals surface area contributed by atoms with Crippen LogP contribution in [0.2, 0.25) is 0 Å². The predicted octanol–water partition coefficient (Wildman–Crippen LogP) is 0.418. The number of likely N-dealkylation sites (N-methyl/N-ethyl adjacent to an activating group) is 1. The van der Waals surface area contributed by atoms with E-state index in [0.29, 0.717) is 19.6 Å². The fourth-order valence-corrected chi connectivity index (χ4v) is 3.40. The molecule has 2 N–H and O–H groups in total. The van der Waals surface area contributed by atoms with E-state index >= 15 is 0 Å². The first kappa shape index (κ1) is 16.8. The van der Waals surface area contributed by atoms with Crippen LogP contribution in [0.3, 0.4) is 0 Å². The summed E-state index contributed by atoms with van der Waals surface area (Å²) in [5.74, 6) is 0.193. The maximum Gasteiger partial charge on any atom is 0.315 e. The van der Waals surface area contributed by atoms with Gasteiger partial charge in [0.2, 0.25) is 5.91 Å². The van der Waals surface area contributed by atoms with Crippen LogP contribution < -0.4 is 10.6 Å².